The molecule has 8 N–H and O–H groups in total. The van der Waals surface area contributed by atoms with Crippen molar-refractivity contribution in [2.24, 2.45) is 0 Å². The molecular formula is C90H86N7O15S3-. The lowest BCUT2D eigenvalue weighted by Gasteiger charge is -2.30. The second-order valence-electron chi connectivity index (χ2n) is 26.7. The third kappa shape index (κ3) is 24.0. The Labute approximate surface area is 674 Å². The fraction of sp³-hybridized carbons (Fsp3) is 0.189. The minimum Gasteiger partial charge on any atom is -0.547 e. The van der Waals surface area contributed by atoms with Gasteiger partial charge in [0.25, 0.3) is 0 Å². The van der Waals surface area contributed by atoms with E-state index in [9.17, 15) is 51.9 Å². The average Bonchev–Trinajstić information content (AvgIpc) is 1.13. The number of nitrogen functional groups attached to an aromatic ring is 3. The number of aliphatic carboxylic acids is 2. The molecule has 22 nitrogen and oxygen atoms in total. The Bertz CT molecular complexity index is 5690. The number of ether oxygens (including phenoxy) is 2. The number of fused-ring (bicyclic) bond motifs is 5. The largest absolute Gasteiger partial charge is 0.547 e. The number of carboxylic acids is 2. The third-order valence-electron chi connectivity index (χ3n) is 18.1. The molecule has 0 bridgehead atoms. The molecule has 10 aromatic carbocycles. The zero-order valence-corrected chi connectivity index (χ0v) is 66.3. The normalized spacial score (nSPS) is 13.7. The van der Waals surface area contributed by atoms with Gasteiger partial charge in [0, 0.05) is 100 Å². The van der Waals surface area contributed by atoms with Crippen LogP contribution in [0.5, 0.6) is 11.5 Å². The number of hydrogen-bond donors (Lipinski definition) is 5. The number of ketones is 5. The quantitative estimate of drug-likeness (QED) is 0.0141. The standard InChI is InChI=1S/C16H11NO2.C16H15NO2.C16H14O3.C15H15N3O.C12H14N2S2.C12H12O4S.C3H6O3/c18-16(13-6-2-1-3-7-13)19-14-10-4-8-12-9-5-11-17-15(12)14;1-11(18)10-13-8-5-9-14(15(13)17)16(19)12-6-3-2-4-7-12;17-15(10-11-16(18)19)14-8-6-13(7-9-14)12-4-2-1-3-5-12;1-2-19-10-4-6-13-12(8-10)15(17)11-5-3-9(16)7-14(11)18-13;1-4-8-14(9-5-1)16-12-13-10-6-2-3-7-11(10)15-12;1-12(17(2,15)16)7-10(13)8-5-3-4-6-9(8)11(12)14;1-2(4)3(5)6/h1-11H;2-9H,10,17H2,1H3;1-9H,10-11H2,(H,18,19);3-8H,2,16H2,1H3,(H2,17,18);2-3,6-7H,1,4-5,8-9H2;3-6H,7H2,1-2H3;2,4H,1H3,(H,5,6)/p-1/t;;;;;12-;/m.....0./s1. The monoisotopic (exact) mass is 1600 g/mol. The van der Waals surface area contributed by atoms with Crippen molar-refractivity contribution < 1.29 is 71.6 Å². The molecule has 1 fully saturated rings. The number of carbonyl (C=O) groups is 8. The van der Waals surface area contributed by atoms with Crippen molar-refractivity contribution >= 4 is 140 Å². The smallest absolute Gasteiger partial charge is 0.343 e. The lowest BCUT2D eigenvalue weighted by atomic mass is 9.82. The zero-order valence-electron chi connectivity index (χ0n) is 63.8. The number of piperidine rings is 1. The molecule has 13 aromatic rings. The van der Waals surface area contributed by atoms with Gasteiger partial charge < -0.3 is 46.8 Å². The first-order valence-electron chi connectivity index (χ1n) is 36.7. The predicted molar refractivity (Wildman–Crippen MR) is 451 cm³/mol. The highest BCUT2D eigenvalue weighted by molar-refractivity contribution is 7.99. The number of anilines is 3. The van der Waals surface area contributed by atoms with Crippen LogP contribution in [-0.2, 0) is 30.6 Å². The molecule has 25 heteroatoms. The van der Waals surface area contributed by atoms with Crippen LogP contribution < -0.4 is 31.8 Å². The van der Waals surface area contributed by atoms with Gasteiger partial charge >= 0.3 is 11.9 Å². The van der Waals surface area contributed by atoms with E-state index in [2.05, 4.69) is 43.5 Å². The van der Waals surface area contributed by atoms with Crippen molar-refractivity contribution in [3.63, 3.8) is 0 Å². The Balaban J connectivity index is 0.000000156. The number of nitrogens with zero attached hydrogens (tertiary/aromatic N) is 4. The van der Waals surface area contributed by atoms with Gasteiger partial charge in [-0.2, -0.15) is 0 Å². The molecule has 2 aliphatic rings. The Kier molecular flexibility index (Phi) is 30.9. The highest BCUT2D eigenvalue weighted by Crippen LogP contribution is 2.37. The van der Waals surface area contributed by atoms with Gasteiger partial charge in [0.15, 0.2) is 43.1 Å². The summed E-state index contributed by atoms with van der Waals surface area (Å²) in [5.41, 5.74) is 28.8. The van der Waals surface area contributed by atoms with Gasteiger partial charge in [-0.3, -0.25) is 33.8 Å². The average molecular weight is 1600 g/mol. The molecule has 0 amide bonds. The molecule has 1 aliphatic heterocycles. The number of nitrogens with two attached hydrogens (primary N) is 3. The summed E-state index contributed by atoms with van der Waals surface area (Å²) >= 11 is 3.63. The minimum atomic E-state index is -3.62. The maximum Gasteiger partial charge on any atom is 0.343 e. The van der Waals surface area contributed by atoms with Crippen molar-refractivity contribution in [2.75, 3.05) is 43.2 Å². The van der Waals surface area contributed by atoms with Crippen molar-refractivity contribution in [3.8, 4) is 22.6 Å². The van der Waals surface area contributed by atoms with Crippen LogP contribution in [-0.4, -0.2) is 122 Å². The molecule has 115 heavy (non-hydrogen) atoms. The second-order valence-corrected chi connectivity index (χ2v) is 31.5. The number of benzene rings is 10. The van der Waals surface area contributed by atoms with E-state index in [1.54, 1.807) is 109 Å². The highest BCUT2D eigenvalue weighted by atomic mass is 32.2. The van der Waals surface area contributed by atoms with Crippen LogP contribution >= 0.6 is 23.3 Å². The number of aliphatic hydroxyl groups is 1. The molecule has 0 saturated carbocycles. The summed E-state index contributed by atoms with van der Waals surface area (Å²) in [6, 6.07) is 75.5. The maximum absolute atomic E-state index is 12.3. The van der Waals surface area contributed by atoms with Crippen LogP contribution in [0.25, 0.3) is 54.1 Å². The van der Waals surface area contributed by atoms with Crippen molar-refractivity contribution in [3.05, 3.63) is 294 Å². The van der Waals surface area contributed by atoms with E-state index in [4.69, 9.17) is 36.9 Å². The highest BCUT2D eigenvalue weighted by Gasteiger charge is 2.49. The van der Waals surface area contributed by atoms with Gasteiger partial charge in [0.05, 0.1) is 57.6 Å². The number of hydrogen-bond acceptors (Lipinski definition) is 23. The summed E-state index contributed by atoms with van der Waals surface area (Å²) in [4.78, 5) is 105. The second kappa shape index (κ2) is 41.2. The lowest BCUT2D eigenvalue weighted by molar-refractivity contribution is -0.314. The van der Waals surface area contributed by atoms with Gasteiger partial charge in [0.2, 0.25) is 0 Å². The maximum atomic E-state index is 12.3. The molecule has 3 aromatic heterocycles. The van der Waals surface area contributed by atoms with Gasteiger partial charge in [0.1, 0.15) is 21.8 Å². The van der Waals surface area contributed by atoms with Crippen LogP contribution in [0.1, 0.15) is 129 Å². The van der Waals surface area contributed by atoms with Crippen LogP contribution in [0, 0.1) is 0 Å². The molecule has 4 heterocycles. The van der Waals surface area contributed by atoms with Crippen LogP contribution in [0.15, 0.2) is 259 Å². The molecule has 1 aliphatic carbocycles. The summed E-state index contributed by atoms with van der Waals surface area (Å²) in [6.07, 6.45) is 5.27. The van der Waals surface area contributed by atoms with Crippen LogP contribution in [0.3, 0.4) is 0 Å². The number of aliphatic hydroxyl groups excluding tert-OH is 1. The Morgan fingerprint density at radius 1 is 0.635 bits per heavy atom. The molecule has 2 atom stereocenters. The molecule has 0 spiro atoms. The number of Topliss-reactive ketones (excluding diaryl/α,β-unsaturated/α-hetero) is 4. The van der Waals surface area contributed by atoms with E-state index in [1.807, 2.05) is 146 Å². The van der Waals surface area contributed by atoms with Crippen molar-refractivity contribution in [1.82, 2.24) is 19.3 Å². The fourth-order valence-corrected chi connectivity index (χ4v) is 15.0. The van der Waals surface area contributed by atoms with E-state index in [-0.39, 0.29) is 60.3 Å². The first-order valence-corrected chi connectivity index (χ1v) is 40.1. The van der Waals surface area contributed by atoms with Crippen molar-refractivity contribution in [1.29, 1.82) is 0 Å². The Hall–Kier alpha value is -12.7. The van der Waals surface area contributed by atoms with Crippen molar-refractivity contribution in [2.45, 2.75) is 87.8 Å². The molecule has 590 valence electrons. The molecule has 15 rings (SSSR count). The number of carbonyl (C=O) groups excluding carboxylic acids is 7. The Morgan fingerprint density at radius 3 is 1.88 bits per heavy atom. The summed E-state index contributed by atoms with van der Waals surface area (Å²) in [6.45, 7) is 8.96. The third-order valence-corrected chi connectivity index (χ3v) is 22.3. The number of thiazole rings is 1. The molecular weight excluding hydrogens is 1520 g/mol. The van der Waals surface area contributed by atoms with Gasteiger partial charge in [-0.15, -0.1) is 11.3 Å². The number of carboxylic acid groups (broad SMARTS) is 2. The van der Waals surface area contributed by atoms with Gasteiger partial charge in [-0.1, -0.05) is 176 Å². The number of sulfone groups is 1. The lowest BCUT2D eigenvalue weighted by Crippen LogP contribution is -2.48. The number of rotatable bonds is 17. The first kappa shape index (κ1) is 86.3. The van der Waals surface area contributed by atoms with Gasteiger partial charge in [-0.05, 0) is 148 Å². The van der Waals surface area contributed by atoms with Crippen LogP contribution in [0.4, 0.5) is 17.1 Å². The van der Waals surface area contributed by atoms with E-state index in [1.165, 1.54) is 61.3 Å². The number of esters is 1. The SMILES string of the molecule is CC(=O)Cc1cccc(C(=O)c2ccccc2)c1N.CC(O)C(=O)[O-].CCOc1ccc2nc3cc(N)ccc3c(N)c2c1.C[C@]1(S(C)(=O)=O)CC(=O)c2ccccc2C1=O.O=C(O)CCC(=O)c1ccc(-c2ccccc2)cc1.O=C(Oc1cccc2cccnc12)c1ccccc1.c1ccc2sc(SN3CCCCC3)nc2c1. The van der Waals surface area contributed by atoms with E-state index in [0.29, 0.717) is 68.3 Å². The van der Waals surface area contributed by atoms with E-state index >= 15 is 0 Å². The minimum absolute atomic E-state index is 0.0241. The molecule has 1 unspecified atom stereocenters. The molecule has 1 saturated heterocycles. The summed E-state index contributed by atoms with van der Waals surface area (Å²) in [5, 5.41) is 28.6. The number of aromatic nitrogens is 3. The zero-order chi connectivity index (χ0) is 82.8. The topological polar surface area (TPSA) is 373 Å². The Morgan fingerprint density at radius 2 is 1.24 bits per heavy atom. The first-order chi connectivity index (χ1) is 55.1. The summed E-state index contributed by atoms with van der Waals surface area (Å²) in [7, 11) is -3.62. The number of para-hydroxylation sites is 3. The summed E-state index contributed by atoms with van der Waals surface area (Å²) < 4.78 is 37.6. The van der Waals surface area contributed by atoms with Crippen LogP contribution in [0.2, 0.25) is 0 Å². The molecule has 0 radical (unpaired) electrons. The summed E-state index contributed by atoms with van der Waals surface area (Å²) in [5.74, 6) is -2.50. The van der Waals surface area contributed by atoms with E-state index < -0.39 is 38.4 Å². The van der Waals surface area contributed by atoms with Gasteiger partial charge in [-0.25, -0.2) is 27.5 Å². The number of pyridine rings is 2. The van der Waals surface area contributed by atoms with E-state index in [0.717, 1.165) is 62.8 Å². The predicted octanol–water partition coefficient (Wildman–Crippen LogP) is 15.6. The fourth-order valence-electron chi connectivity index (χ4n) is 11.9.